The summed E-state index contributed by atoms with van der Waals surface area (Å²) in [4.78, 5) is 24.0. The minimum absolute atomic E-state index is 0.125. The van der Waals surface area contributed by atoms with Crippen molar-refractivity contribution in [2.45, 2.75) is 31.7 Å². The Hall–Kier alpha value is -2.45. The molecule has 4 rings (SSSR count). The standard InChI is InChI=1S/C25H28Cl2N4O3/c1-31(2)12-14-3-5-16(6-4-14)29-23-17(22(33)13-32)11-28-21-8-7-20(30-24(21)23)15-9-18(26)25(34)19(27)10-15/h7-11,14,16,32,34H,3-6,12-13H2,1-2H3,(H,28,29)/t14-,16-. The van der Waals surface area contributed by atoms with Gasteiger partial charge >= 0.3 is 0 Å². The van der Waals surface area contributed by atoms with Gasteiger partial charge in [-0.05, 0) is 70.0 Å². The van der Waals surface area contributed by atoms with Crippen molar-refractivity contribution in [1.82, 2.24) is 14.9 Å². The number of phenols is 1. The van der Waals surface area contributed by atoms with Crippen molar-refractivity contribution in [3.63, 3.8) is 0 Å². The van der Waals surface area contributed by atoms with Crippen LogP contribution in [0.15, 0.2) is 30.5 Å². The summed E-state index contributed by atoms with van der Waals surface area (Å²) < 4.78 is 0. The lowest BCUT2D eigenvalue weighted by Crippen LogP contribution is -2.31. The average Bonchev–Trinajstić information content (AvgIpc) is 2.82. The number of benzene rings is 1. The molecule has 1 aliphatic rings. The molecule has 2 aromatic heterocycles. The van der Waals surface area contributed by atoms with Crippen LogP contribution >= 0.6 is 23.2 Å². The molecule has 0 amide bonds. The van der Waals surface area contributed by atoms with E-state index in [1.807, 2.05) is 6.07 Å². The number of carbonyl (C=O) groups excluding carboxylic acids is 1. The Morgan fingerprint density at radius 1 is 1.15 bits per heavy atom. The Labute approximate surface area is 208 Å². The van der Waals surface area contributed by atoms with Gasteiger partial charge in [-0.15, -0.1) is 0 Å². The molecule has 1 fully saturated rings. The fourth-order valence-corrected chi connectivity index (χ4v) is 5.08. The van der Waals surface area contributed by atoms with Crippen LogP contribution in [-0.2, 0) is 0 Å². The minimum atomic E-state index is -0.611. The zero-order chi connectivity index (χ0) is 24.4. The van der Waals surface area contributed by atoms with Crippen LogP contribution in [0.3, 0.4) is 0 Å². The molecule has 0 unspecified atom stereocenters. The van der Waals surface area contributed by atoms with Gasteiger partial charge in [0.05, 0.1) is 32.5 Å². The molecule has 3 aromatic rings. The van der Waals surface area contributed by atoms with E-state index in [0.29, 0.717) is 39.5 Å². The van der Waals surface area contributed by atoms with Crippen LogP contribution < -0.4 is 5.32 Å². The number of aromatic hydroxyl groups is 1. The minimum Gasteiger partial charge on any atom is -0.505 e. The first kappa shape index (κ1) is 24.7. The number of aromatic nitrogens is 2. The summed E-state index contributed by atoms with van der Waals surface area (Å²) in [7, 11) is 4.19. The summed E-state index contributed by atoms with van der Waals surface area (Å²) in [6.07, 6.45) is 5.67. The van der Waals surface area contributed by atoms with Crippen molar-refractivity contribution < 1.29 is 15.0 Å². The molecule has 0 radical (unpaired) electrons. The smallest absolute Gasteiger partial charge is 0.191 e. The van der Waals surface area contributed by atoms with Gasteiger partial charge in [-0.2, -0.15) is 0 Å². The number of nitrogens with one attached hydrogen (secondary N) is 1. The molecule has 7 nitrogen and oxygen atoms in total. The molecule has 180 valence electrons. The van der Waals surface area contributed by atoms with Gasteiger partial charge < -0.3 is 20.4 Å². The summed E-state index contributed by atoms with van der Waals surface area (Å²) in [6.45, 7) is 0.460. The average molecular weight is 503 g/mol. The number of fused-ring (bicyclic) bond motifs is 1. The maximum atomic E-state index is 12.5. The number of pyridine rings is 2. The third kappa shape index (κ3) is 5.28. The molecule has 34 heavy (non-hydrogen) atoms. The van der Waals surface area contributed by atoms with Crippen LogP contribution in [0.1, 0.15) is 36.0 Å². The first-order chi connectivity index (χ1) is 16.3. The SMILES string of the molecule is CN(C)C[C@H]1CC[C@H](Nc2c(C(=O)CO)cnc3ccc(-c4cc(Cl)c(O)c(Cl)c4)nc23)CC1. The monoisotopic (exact) mass is 502 g/mol. The third-order valence-electron chi connectivity index (χ3n) is 6.29. The first-order valence-corrected chi connectivity index (χ1v) is 12.1. The zero-order valence-corrected chi connectivity index (χ0v) is 20.7. The molecule has 0 atom stereocenters. The molecule has 3 N–H and O–H groups in total. The topological polar surface area (TPSA) is 98.6 Å². The van der Waals surface area contributed by atoms with E-state index < -0.39 is 12.4 Å². The van der Waals surface area contributed by atoms with Gasteiger partial charge in [0.2, 0.25) is 0 Å². The van der Waals surface area contributed by atoms with Crippen molar-refractivity contribution in [2.75, 3.05) is 32.6 Å². The normalized spacial score (nSPS) is 18.4. The lowest BCUT2D eigenvalue weighted by Gasteiger charge is -2.31. The molecule has 0 aliphatic heterocycles. The van der Waals surface area contributed by atoms with Gasteiger partial charge in [0.15, 0.2) is 11.5 Å². The summed E-state index contributed by atoms with van der Waals surface area (Å²) in [5, 5.41) is 23.2. The number of rotatable bonds is 7. The Morgan fingerprint density at radius 2 is 1.82 bits per heavy atom. The second-order valence-electron chi connectivity index (χ2n) is 9.11. The van der Waals surface area contributed by atoms with Crippen LogP contribution in [-0.4, -0.2) is 64.2 Å². The van der Waals surface area contributed by atoms with Crippen molar-refractivity contribution >= 4 is 45.7 Å². The molecule has 1 saturated carbocycles. The summed E-state index contributed by atoms with van der Waals surface area (Å²) in [6, 6.07) is 6.98. The number of aliphatic hydroxyl groups is 1. The molecule has 9 heteroatoms. The Bertz CT molecular complexity index is 1190. The highest BCUT2D eigenvalue weighted by atomic mass is 35.5. The highest BCUT2D eigenvalue weighted by Gasteiger charge is 2.25. The molecule has 2 heterocycles. The highest BCUT2D eigenvalue weighted by molar-refractivity contribution is 6.37. The van der Waals surface area contributed by atoms with Crippen LogP contribution in [0.25, 0.3) is 22.3 Å². The largest absolute Gasteiger partial charge is 0.505 e. The van der Waals surface area contributed by atoms with Crippen LogP contribution in [0.5, 0.6) is 5.75 Å². The summed E-state index contributed by atoms with van der Waals surface area (Å²) >= 11 is 12.2. The quantitative estimate of drug-likeness (QED) is 0.390. The number of Topliss-reactive ketones (excluding diaryl/α,β-unsaturated/α-hetero) is 1. The van der Waals surface area contributed by atoms with Gasteiger partial charge in [-0.1, -0.05) is 23.2 Å². The first-order valence-electron chi connectivity index (χ1n) is 11.3. The van der Waals surface area contributed by atoms with Gasteiger partial charge in [0.1, 0.15) is 12.1 Å². The number of carbonyl (C=O) groups is 1. The van der Waals surface area contributed by atoms with E-state index in [2.05, 4.69) is 29.3 Å². The number of aliphatic hydroxyl groups excluding tert-OH is 1. The van der Waals surface area contributed by atoms with Crippen LogP contribution in [0.2, 0.25) is 10.0 Å². The summed E-state index contributed by atoms with van der Waals surface area (Å²) in [5.41, 5.74) is 3.26. The lowest BCUT2D eigenvalue weighted by molar-refractivity contribution is 0.0904. The van der Waals surface area contributed by atoms with E-state index in [-0.39, 0.29) is 21.8 Å². The fraction of sp³-hybridized carbons (Fsp3) is 0.400. The molecule has 0 spiro atoms. The number of halogens is 2. The molecule has 0 saturated heterocycles. The number of hydrogen-bond donors (Lipinski definition) is 3. The van der Waals surface area contributed by atoms with E-state index in [1.165, 1.54) is 6.20 Å². The fourth-order valence-electron chi connectivity index (χ4n) is 4.59. The van der Waals surface area contributed by atoms with E-state index in [4.69, 9.17) is 28.2 Å². The molecule has 0 bridgehead atoms. The molecule has 1 aliphatic carbocycles. The number of phenolic OH excluding ortho intramolecular Hbond substituents is 1. The maximum Gasteiger partial charge on any atom is 0.191 e. The molecular weight excluding hydrogens is 475 g/mol. The predicted octanol–water partition coefficient (Wildman–Crippen LogP) is 5.02. The van der Waals surface area contributed by atoms with Gasteiger partial charge in [0.25, 0.3) is 0 Å². The van der Waals surface area contributed by atoms with Crippen LogP contribution in [0, 0.1) is 5.92 Å². The number of nitrogens with zero attached hydrogens (tertiary/aromatic N) is 3. The van der Waals surface area contributed by atoms with Gasteiger partial charge in [-0.25, -0.2) is 4.98 Å². The van der Waals surface area contributed by atoms with Crippen molar-refractivity contribution in [3.05, 3.63) is 46.1 Å². The Kier molecular flexibility index (Phi) is 7.57. The highest BCUT2D eigenvalue weighted by Crippen LogP contribution is 2.37. The Balaban J connectivity index is 1.72. The van der Waals surface area contributed by atoms with E-state index >= 15 is 0 Å². The number of hydrogen-bond acceptors (Lipinski definition) is 7. The van der Waals surface area contributed by atoms with Gasteiger partial charge in [-0.3, -0.25) is 9.78 Å². The van der Waals surface area contributed by atoms with Gasteiger partial charge in [0, 0.05) is 24.3 Å². The van der Waals surface area contributed by atoms with E-state index in [9.17, 15) is 15.0 Å². The van der Waals surface area contributed by atoms with E-state index in [0.717, 1.165) is 32.2 Å². The van der Waals surface area contributed by atoms with Crippen molar-refractivity contribution in [2.24, 2.45) is 5.92 Å². The summed E-state index contributed by atoms with van der Waals surface area (Å²) in [5.74, 6) is 0.0632. The predicted molar refractivity (Wildman–Crippen MR) is 136 cm³/mol. The third-order valence-corrected chi connectivity index (χ3v) is 6.86. The van der Waals surface area contributed by atoms with Crippen molar-refractivity contribution in [1.29, 1.82) is 0 Å². The van der Waals surface area contributed by atoms with Crippen molar-refractivity contribution in [3.8, 4) is 17.0 Å². The second-order valence-corrected chi connectivity index (χ2v) is 9.92. The second kappa shape index (κ2) is 10.4. The zero-order valence-electron chi connectivity index (χ0n) is 19.2. The molecule has 1 aromatic carbocycles. The lowest BCUT2D eigenvalue weighted by atomic mass is 9.85. The molecular formula is C25H28Cl2N4O3. The Morgan fingerprint density at radius 3 is 2.44 bits per heavy atom. The maximum absolute atomic E-state index is 12.5. The van der Waals surface area contributed by atoms with Crippen LogP contribution in [0.4, 0.5) is 5.69 Å². The number of anilines is 1. The van der Waals surface area contributed by atoms with E-state index in [1.54, 1.807) is 18.2 Å². The number of ketones is 1.